The average Bonchev–Trinajstić information content (AvgIpc) is 2.58. The summed E-state index contributed by atoms with van der Waals surface area (Å²) < 4.78 is 1.42. The van der Waals surface area contributed by atoms with Gasteiger partial charge >= 0.3 is 0 Å². The maximum absolute atomic E-state index is 12.5. The van der Waals surface area contributed by atoms with Crippen molar-refractivity contribution < 1.29 is 4.79 Å². The van der Waals surface area contributed by atoms with Crippen LogP contribution >= 0.6 is 0 Å². The number of hydrogen-bond acceptors (Lipinski definition) is 5. The fourth-order valence-corrected chi connectivity index (χ4v) is 2.50. The predicted molar refractivity (Wildman–Crippen MR) is 81.8 cm³/mol. The molecule has 3 heterocycles. The number of carbonyl (C=O) groups excluding carboxylic acids is 1. The van der Waals surface area contributed by atoms with Crippen LogP contribution in [-0.4, -0.2) is 51.5 Å². The number of piperazine rings is 1. The molecule has 7 heteroatoms. The van der Waals surface area contributed by atoms with Crippen molar-refractivity contribution in [1.29, 1.82) is 0 Å². The Labute approximate surface area is 127 Å². The van der Waals surface area contributed by atoms with Gasteiger partial charge in [-0.2, -0.15) is 0 Å². The molecule has 0 bridgehead atoms. The van der Waals surface area contributed by atoms with E-state index in [-0.39, 0.29) is 11.5 Å². The Hall–Kier alpha value is -2.70. The van der Waals surface area contributed by atoms with Crippen LogP contribution in [0.2, 0.25) is 0 Å². The fourth-order valence-electron chi connectivity index (χ4n) is 2.50. The first-order chi connectivity index (χ1) is 10.6. The van der Waals surface area contributed by atoms with Gasteiger partial charge < -0.3 is 14.4 Å². The highest BCUT2D eigenvalue weighted by molar-refractivity contribution is 5.94. The molecule has 7 nitrogen and oxygen atoms in total. The molecule has 3 rings (SSSR count). The Morgan fingerprint density at radius 1 is 1.14 bits per heavy atom. The monoisotopic (exact) mass is 299 g/mol. The van der Waals surface area contributed by atoms with Crippen LogP contribution in [0.4, 0.5) is 5.82 Å². The number of anilines is 1. The zero-order valence-corrected chi connectivity index (χ0v) is 12.3. The van der Waals surface area contributed by atoms with E-state index in [4.69, 9.17) is 0 Å². The molecule has 2 aromatic heterocycles. The van der Waals surface area contributed by atoms with Crippen LogP contribution in [0.15, 0.2) is 41.7 Å². The third-order valence-corrected chi connectivity index (χ3v) is 3.77. The minimum atomic E-state index is -0.121. The van der Waals surface area contributed by atoms with Gasteiger partial charge in [0.1, 0.15) is 5.82 Å². The first kappa shape index (κ1) is 14.2. The maximum atomic E-state index is 12.5. The molecule has 114 valence electrons. The number of aromatic nitrogens is 3. The van der Waals surface area contributed by atoms with Crippen LogP contribution in [0.5, 0.6) is 0 Å². The minimum absolute atomic E-state index is 0.0469. The van der Waals surface area contributed by atoms with E-state index in [9.17, 15) is 9.59 Å². The molecule has 0 spiro atoms. The molecule has 2 aromatic rings. The number of rotatable bonds is 2. The summed E-state index contributed by atoms with van der Waals surface area (Å²) in [6.45, 7) is 2.68. The SMILES string of the molecule is Cn1cc(C(=O)N2CCN(c3cnccn3)CC2)ccc1=O. The Morgan fingerprint density at radius 2 is 1.91 bits per heavy atom. The second kappa shape index (κ2) is 5.97. The largest absolute Gasteiger partial charge is 0.352 e. The molecule has 0 N–H and O–H groups in total. The molecule has 1 aliphatic rings. The van der Waals surface area contributed by atoms with E-state index in [2.05, 4.69) is 14.9 Å². The average molecular weight is 299 g/mol. The van der Waals surface area contributed by atoms with Gasteiger partial charge in [0, 0.05) is 57.9 Å². The highest BCUT2D eigenvalue weighted by Crippen LogP contribution is 2.13. The lowest BCUT2D eigenvalue weighted by atomic mass is 10.2. The summed E-state index contributed by atoms with van der Waals surface area (Å²) in [5.74, 6) is 0.783. The number of aryl methyl sites for hydroxylation is 1. The zero-order valence-electron chi connectivity index (χ0n) is 12.3. The summed E-state index contributed by atoms with van der Waals surface area (Å²) in [7, 11) is 1.64. The van der Waals surface area contributed by atoms with Crippen LogP contribution < -0.4 is 10.5 Å². The van der Waals surface area contributed by atoms with Gasteiger partial charge in [-0.25, -0.2) is 4.98 Å². The molecule has 0 saturated carbocycles. The molecule has 0 atom stereocenters. The molecule has 22 heavy (non-hydrogen) atoms. The van der Waals surface area contributed by atoms with E-state index in [0.29, 0.717) is 18.7 Å². The van der Waals surface area contributed by atoms with Gasteiger partial charge in [0.15, 0.2) is 0 Å². The highest BCUT2D eigenvalue weighted by atomic mass is 16.2. The van der Waals surface area contributed by atoms with Gasteiger partial charge in [-0.15, -0.1) is 0 Å². The van der Waals surface area contributed by atoms with Gasteiger partial charge in [0.25, 0.3) is 5.91 Å². The smallest absolute Gasteiger partial charge is 0.255 e. The molecular weight excluding hydrogens is 282 g/mol. The van der Waals surface area contributed by atoms with Gasteiger partial charge in [0.05, 0.1) is 11.8 Å². The molecule has 0 radical (unpaired) electrons. The second-order valence-corrected chi connectivity index (χ2v) is 5.21. The summed E-state index contributed by atoms with van der Waals surface area (Å²) in [5.41, 5.74) is 0.416. The van der Waals surface area contributed by atoms with Crippen LogP contribution in [0.3, 0.4) is 0 Å². The predicted octanol–water partition coefficient (Wildman–Crippen LogP) is 0.138. The van der Waals surface area contributed by atoms with Gasteiger partial charge in [-0.1, -0.05) is 0 Å². The van der Waals surface area contributed by atoms with Crippen molar-refractivity contribution in [2.45, 2.75) is 0 Å². The van der Waals surface area contributed by atoms with E-state index in [1.54, 1.807) is 42.8 Å². The number of carbonyl (C=O) groups is 1. The summed E-state index contributed by atoms with van der Waals surface area (Å²) in [6, 6.07) is 3.00. The molecule has 1 fully saturated rings. The van der Waals surface area contributed by atoms with Crippen molar-refractivity contribution >= 4 is 11.7 Å². The third-order valence-electron chi connectivity index (χ3n) is 3.77. The Morgan fingerprint density at radius 3 is 2.55 bits per heavy atom. The number of pyridine rings is 1. The van der Waals surface area contributed by atoms with Crippen molar-refractivity contribution in [3.63, 3.8) is 0 Å². The molecular formula is C15H17N5O2. The molecule has 1 aliphatic heterocycles. The maximum Gasteiger partial charge on any atom is 0.255 e. The summed E-state index contributed by atoms with van der Waals surface area (Å²) >= 11 is 0. The quantitative estimate of drug-likeness (QED) is 0.789. The van der Waals surface area contributed by atoms with E-state index in [1.807, 2.05) is 0 Å². The first-order valence-corrected chi connectivity index (χ1v) is 7.12. The zero-order chi connectivity index (χ0) is 15.5. The topological polar surface area (TPSA) is 71.3 Å². The van der Waals surface area contributed by atoms with E-state index >= 15 is 0 Å². The van der Waals surface area contributed by atoms with Crippen LogP contribution in [-0.2, 0) is 7.05 Å². The molecule has 1 amide bonds. The molecule has 1 saturated heterocycles. The van der Waals surface area contributed by atoms with Crippen molar-refractivity contribution in [1.82, 2.24) is 19.4 Å². The highest BCUT2D eigenvalue weighted by Gasteiger charge is 2.23. The minimum Gasteiger partial charge on any atom is -0.352 e. The lowest BCUT2D eigenvalue weighted by molar-refractivity contribution is 0.0745. The van der Waals surface area contributed by atoms with Gasteiger partial charge in [-0.3, -0.25) is 14.6 Å². The van der Waals surface area contributed by atoms with Crippen molar-refractivity contribution in [2.75, 3.05) is 31.1 Å². The summed E-state index contributed by atoms with van der Waals surface area (Å²) in [5, 5.41) is 0. The first-order valence-electron chi connectivity index (χ1n) is 7.12. The standard InChI is InChI=1S/C15H17N5O2/c1-18-11-12(2-3-14(18)21)15(22)20-8-6-19(7-9-20)13-10-16-4-5-17-13/h2-5,10-11H,6-9H2,1H3. The third kappa shape index (κ3) is 2.83. The number of hydrogen-bond donors (Lipinski definition) is 0. The van der Waals surface area contributed by atoms with Crippen LogP contribution in [0.1, 0.15) is 10.4 Å². The van der Waals surface area contributed by atoms with E-state index in [1.165, 1.54) is 10.6 Å². The van der Waals surface area contributed by atoms with Gasteiger partial charge in [0.2, 0.25) is 5.56 Å². The Bertz CT molecular complexity index is 720. The molecule has 0 unspecified atom stereocenters. The Balaban J connectivity index is 1.67. The van der Waals surface area contributed by atoms with Crippen molar-refractivity contribution in [3.05, 3.63) is 52.8 Å². The van der Waals surface area contributed by atoms with E-state index in [0.717, 1.165) is 18.9 Å². The summed E-state index contributed by atoms with van der Waals surface area (Å²) in [6.07, 6.45) is 6.62. The lowest BCUT2D eigenvalue weighted by Gasteiger charge is -2.35. The molecule has 0 aliphatic carbocycles. The van der Waals surface area contributed by atoms with Crippen molar-refractivity contribution in [3.8, 4) is 0 Å². The van der Waals surface area contributed by atoms with Crippen LogP contribution in [0.25, 0.3) is 0 Å². The lowest BCUT2D eigenvalue weighted by Crippen LogP contribution is -2.49. The van der Waals surface area contributed by atoms with Gasteiger partial charge in [-0.05, 0) is 6.07 Å². The summed E-state index contributed by atoms with van der Waals surface area (Å²) in [4.78, 5) is 36.1. The van der Waals surface area contributed by atoms with Crippen LogP contribution in [0, 0.1) is 0 Å². The van der Waals surface area contributed by atoms with E-state index < -0.39 is 0 Å². The second-order valence-electron chi connectivity index (χ2n) is 5.21. The fraction of sp³-hybridized carbons (Fsp3) is 0.333. The number of amides is 1. The van der Waals surface area contributed by atoms with Crippen molar-refractivity contribution in [2.24, 2.45) is 7.05 Å². The Kier molecular flexibility index (Phi) is 3.86. The normalized spacial score (nSPS) is 15.0. The molecule has 0 aromatic carbocycles. The number of nitrogens with zero attached hydrogens (tertiary/aromatic N) is 5.